The van der Waals surface area contributed by atoms with E-state index in [0.29, 0.717) is 18.2 Å². The molecule has 2 rings (SSSR count). The van der Waals surface area contributed by atoms with Gasteiger partial charge in [-0.1, -0.05) is 0 Å². The van der Waals surface area contributed by atoms with Gasteiger partial charge in [0.15, 0.2) is 0 Å². The lowest BCUT2D eigenvalue weighted by Crippen LogP contribution is -2.41. The van der Waals surface area contributed by atoms with Gasteiger partial charge in [0, 0.05) is 26.0 Å². The first-order valence-corrected chi connectivity index (χ1v) is 6.69. The lowest BCUT2D eigenvalue weighted by atomic mass is 10.1. The zero-order valence-corrected chi connectivity index (χ0v) is 11.3. The number of hydrogen-bond acceptors (Lipinski definition) is 3. The summed E-state index contributed by atoms with van der Waals surface area (Å²) < 4.78 is 7.34. The van der Waals surface area contributed by atoms with E-state index >= 15 is 0 Å². The molecule has 0 spiro atoms. The normalized spacial score (nSPS) is 17.1. The molecule has 1 aromatic rings. The number of hydrogen-bond donors (Lipinski definition) is 0. The van der Waals surface area contributed by atoms with Crippen LogP contribution in [-0.4, -0.2) is 52.0 Å². The highest BCUT2D eigenvalue weighted by atomic mass is 35.5. The number of halogens is 1. The van der Waals surface area contributed by atoms with Crippen molar-refractivity contribution in [1.82, 2.24) is 14.5 Å². The monoisotopic (exact) mass is 271 g/mol. The second kappa shape index (κ2) is 6.20. The molecule has 1 saturated heterocycles. The van der Waals surface area contributed by atoms with E-state index in [2.05, 4.69) is 4.98 Å². The van der Waals surface area contributed by atoms with Gasteiger partial charge in [0.1, 0.15) is 5.69 Å². The maximum atomic E-state index is 12.2. The van der Waals surface area contributed by atoms with Gasteiger partial charge >= 0.3 is 0 Å². The van der Waals surface area contributed by atoms with Crippen LogP contribution in [0.15, 0.2) is 12.5 Å². The van der Waals surface area contributed by atoms with Gasteiger partial charge < -0.3 is 14.2 Å². The van der Waals surface area contributed by atoms with E-state index in [4.69, 9.17) is 16.3 Å². The Hall–Kier alpha value is -1.07. The first-order chi connectivity index (χ1) is 8.72. The Morgan fingerprint density at radius 1 is 1.56 bits per heavy atom. The molecule has 0 aliphatic carbocycles. The van der Waals surface area contributed by atoms with Crippen LogP contribution in [0, 0.1) is 0 Å². The molecule has 0 aromatic carbocycles. The van der Waals surface area contributed by atoms with E-state index in [1.54, 1.807) is 17.1 Å². The van der Waals surface area contributed by atoms with Crippen LogP contribution in [-0.2, 0) is 11.8 Å². The fraction of sp³-hybridized carbons (Fsp3) is 0.667. The fourth-order valence-corrected chi connectivity index (χ4v) is 2.25. The first-order valence-electron chi connectivity index (χ1n) is 6.15. The minimum atomic E-state index is 0.0470. The minimum absolute atomic E-state index is 0.0470. The lowest BCUT2D eigenvalue weighted by Gasteiger charge is -2.31. The second-order valence-corrected chi connectivity index (χ2v) is 4.82. The molecule has 0 atom stereocenters. The highest BCUT2D eigenvalue weighted by Gasteiger charge is 2.25. The number of imidazole rings is 1. The van der Waals surface area contributed by atoms with Gasteiger partial charge in [-0.3, -0.25) is 4.79 Å². The molecule has 0 radical (unpaired) electrons. The third-order valence-electron chi connectivity index (χ3n) is 3.20. The maximum Gasteiger partial charge on any atom is 0.272 e. The summed E-state index contributed by atoms with van der Waals surface area (Å²) in [5.41, 5.74) is 0.634. The first kappa shape index (κ1) is 13.4. The molecule has 0 unspecified atom stereocenters. The number of nitrogens with zero attached hydrogens (tertiary/aromatic N) is 3. The molecular formula is C12H18ClN3O2. The molecule has 0 N–H and O–H groups in total. The Morgan fingerprint density at radius 2 is 2.28 bits per heavy atom. The molecular weight excluding hydrogens is 254 g/mol. The summed E-state index contributed by atoms with van der Waals surface area (Å²) in [5, 5.41) is 0. The second-order valence-electron chi connectivity index (χ2n) is 4.44. The smallest absolute Gasteiger partial charge is 0.272 e. The van der Waals surface area contributed by atoms with Crippen LogP contribution in [0.5, 0.6) is 0 Å². The zero-order chi connectivity index (χ0) is 13.0. The van der Waals surface area contributed by atoms with Gasteiger partial charge in [-0.25, -0.2) is 4.98 Å². The van der Waals surface area contributed by atoms with Gasteiger partial charge in [0.2, 0.25) is 0 Å². The molecule has 0 saturated carbocycles. The van der Waals surface area contributed by atoms with Crippen LogP contribution in [0.3, 0.4) is 0 Å². The molecule has 100 valence electrons. The number of amides is 1. The van der Waals surface area contributed by atoms with Crippen LogP contribution in [0.25, 0.3) is 0 Å². The number of carbonyl (C=O) groups is 1. The van der Waals surface area contributed by atoms with E-state index in [1.807, 2.05) is 11.9 Å². The third-order valence-corrected chi connectivity index (χ3v) is 3.35. The molecule has 1 aliphatic heterocycles. The predicted octanol–water partition coefficient (Wildman–Crippen LogP) is 1.28. The zero-order valence-electron chi connectivity index (χ0n) is 10.5. The van der Waals surface area contributed by atoms with E-state index in [9.17, 15) is 4.79 Å². The van der Waals surface area contributed by atoms with Crippen molar-refractivity contribution in [3.63, 3.8) is 0 Å². The van der Waals surface area contributed by atoms with Crippen molar-refractivity contribution in [3.8, 4) is 0 Å². The van der Waals surface area contributed by atoms with Crippen LogP contribution in [0.1, 0.15) is 23.3 Å². The van der Waals surface area contributed by atoms with Gasteiger partial charge in [0.05, 0.1) is 25.2 Å². The summed E-state index contributed by atoms with van der Waals surface area (Å²) in [6.45, 7) is 2.05. The summed E-state index contributed by atoms with van der Waals surface area (Å²) in [6, 6.07) is 0. The number of carbonyl (C=O) groups excluding carboxylic acids is 1. The number of alkyl halides is 1. The molecule has 5 nitrogen and oxygen atoms in total. The Balaban J connectivity index is 1.86. The van der Waals surface area contributed by atoms with Crippen LogP contribution in [0.4, 0.5) is 0 Å². The number of aromatic nitrogens is 2. The molecule has 6 heteroatoms. The largest absolute Gasteiger partial charge is 0.377 e. The third kappa shape index (κ3) is 3.03. The summed E-state index contributed by atoms with van der Waals surface area (Å²) in [6.07, 6.45) is 5.24. The van der Waals surface area contributed by atoms with Crippen LogP contribution >= 0.6 is 11.6 Å². The molecule has 2 heterocycles. The standard InChI is InChI=1S/C12H18ClN3O2/c1-15-9-14-8-11(15)12(17)16-5-2-10(3-6-16)18-7-4-13/h8-10H,2-7H2,1H3. The molecule has 1 fully saturated rings. The Morgan fingerprint density at radius 3 is 2.83 bits per heavy atom. The summed E-state index contributed by atoms with van der Waals surface area (Å²) >= 11 is 5.59. The number of rotatable bonds is 4. The van der Waals surface area contributed by atoms with Crippen LogP contribution < -0.4 is 0 Å². The summed E-state index contributed by atoms with van der Waals surface area (Å²) in [5.74, 6) is 0.569. The topological polar surface area (TPSA) is 47.4 Å². The van der Waals surface area contributed by atoms with E-state index < -0.39 is 0 Å². The molecule has 1 aromatic heterocycles. The number of piperidine rings is 1. The van der Waals surface area contributed by atoms with Crippen LogP contribution in [0.2, 0.25) is 0 Å². The SMILES string of the molecule is Cn1cncc1C(=O)N1CCC(OCCCl)CC1. The Bertz CT molecular complexity index is 400. The predicted molar refractivity (Wildman–Crippen MR) is 68.8 cm³/mol. The van der Waals surface area contributed by atoms with Crippen molar-refractivity contribution in [2.45, 2.75) is 18.9 Å². The lowest BCUT2D eigenvalue weighted by molar-refractivity contribution is 0.0151. The number of likely N-dealkylation sites (tertiary alicyclic amines) is 1. The number of ether oxygens (including phenoxy) is 1. The number of aryl methyl sites for hydroxylation is 1. The van der Waals surface area contributed by atoms with Crippen molar-refractivity contribution >= 4 is 17.5 Å². The molecule has 1 amide bonds. The molecule has 18 heavy (non-hydrogen) atoms. The summed E-state index contributed by atoms with van der Waals surface area (Å²) in [4.78, 5) is 18.0. The van der Waals surface area contributed by atoms with E-state index in [-0.39, 0.29) is 12.0 Å². The van der Waals surface area contributed by atoms with E-state index in [0.717, 1.165) is 25.9 Å². The molecule has 0 bridgehead atoms. The fourth-order valence-electron chi connectivity index (χ4n) is 2.16. The van der Waals surface area contributed by atoms with Crippen molar-refractivity contribution < 1.29 is 9.53 Å². The molecule has 1 aliphatic rings. The average molecular weight is 272 g/mol. The van der Waals surface area contributed by atoms with Crippen molar-refractivity contribution in [2.75, 3.05) is 25.6 Å². The highest BCUT2D eigenvalue weighted by Crippen LogP contribution is 2.16. The van der Waals surface area contributed by atoms with Gasteiger partial charge in [-0.2, -0.15) is 0 Å². The quantitative estimate of drug-likeness (QED) is 0.775. The Kier molecular flexibility index (Phi) is 4.60. The Labute approximate surface area is 112 Å². The van der Waals surface area contributed by atoms with Crippen molar-refractivity contribution in [1.29, 1.82) is 0 Å². The van der Waals surface area contributed by atoms with Gasteiger partial charge in [-0.15, -0.1) is 11.6 Å². The van der Waals surface area contributed by atoms with Gasteiger partial charge in [-0.05, 0) is 12.8 Å². The maximum absolute atomic E-state index is 12.2. The van der Waals surface area contributed by atoms with E-state index in [1.165, 1.54) is 0 Å². The minimum Gasteiger partial charge on any atom is -0.377 e. The van der Waals surface area contributed by atoms with Gasteiger partial charge in [0.25, 0.3) is 5.91 Å². The van der Waals surface area contributed by atoms with Crippen molar-refractivity contribution in [3.05, 3.63) is 18.2 Å². The highest BCUT2D eigenvalue weighted by molar-refractivity contribution is 6.17. The average Bonchev–Trinajstić information content (AvgIpc) is 2.82. The van der Waals surface area contributed by atoms with Crippen molar-refractivity contribution in [2.24, 2.45) is 7.05 Å². The summed E-state index contributed by atoms with van der Waals surface area (Å²) in [7, 11) is 1.83.